The third-order valence-electron chi connectivity index (χ3n) is 3.45. The van der Waals surface area contributed by atoms with Crippen LogP contribution in [0.5, 0.6) is 0 Å². The fraction of sp³-hybridized carbons (Fsp3) is 0.294. The number of hydrogen-bond donors (Lipinski definition) is 1. The van der Waals surface area contributed by atoms with Crippen LogP contribution in [0.25, 0.3) is 0 Å². The first-order chi connectivity index (χ1) is 11.5. The largest absolute Gasteiger partial charge is 0.351 e. The molecule has 0 aliphatic rings. The first kappa shape index (κ1) is 18.8. The molecule has 0 radical (unpaired) electrons. The lowest BCUT2D eigenvalue weighted by Gasteiger charge is -2.20. The van der Waals surface area contributed by atoms with Gasteiger partial charge >= 0.3 is 0 Å². The van der Waals surface area contributed by atoms with Crippen molar-refractivity contribution in [1.82, 2.24) is 10.2 Å². The van der Waals surface area contributed by atoms with Gasteiger partial charge in [-0.1, -0.05) is 35.3 Å². The second-order valence-corrected chi connectivity index (χ2v) is 7.31. The molecule has 0 spiro atoms. The van der Waals surface area contributed by atoms with Crippen molar-refractivity contribution in [2.45, 2.75) is 19.9 Å². The molecular weight excluding hydrogens is 367 g/mol. The van der Waals surface area contributed by atoms with E-state index in [1.807, 2.05) is 19.1 Å². The Hall–Kier alpha value is -1.56. The van der Waals surface area contributed by atoms with Crippen LogP contribution in [0.15, 0.2) is 36.4 Å². The van der Waals surface area contributed by atoms with E-state index in [4.69, 9.17) is 23.2 Å². The Morgan fingerprint density at radius 1 is 1.17 bits per heavy atom. The molecular formula is C17H18Cl2N2O2S. The molecule has 2 rings (SSSR count). The van der Waals surface area contributed by atoms with Gasteiger partial charge in [0.25, 0.3) is 5.91 Å². The summed E-state index contributed by atoms with van der Waals surface area (Å²) in [5.74, 6) is -0.289. The van der Waals surface area contributed by atoms with Crippen LogP contribution < -0.4 is 5.32 Å². The van der Waals surface area contributed by atoms with E-state index < -0.39 is 0 Å². The van der Waals surface area contributed by atoms with E-state index in [1.54, 1.807) is 29.2 Å². The molecule has 1 aromatic heterocycles. The van der Waals surface area contributed by atoms with E-state index >= 15 is 0 Å². The van der Waals surface area contributed by atoms with Gasteiger partial charge in [-0.2, -0.15) is 0 Å². The van der Waals surface area contributed by atoms with Crippen LogP contribution in [0.4, 0.5) is 0 Å². The molecule has 4 nitrogen and oxygen atoms in total. The summed E-state index contributed by atoms with van der Waals surface area (Å²) in [4.78, 5) is 27.1. The van der Waals surface area contributed by atoms with Crippen LogP contribution in [-0.2, 0) is 11.3 Å². The van der Waals surface area contributed by atoms with Gasteiger partial charge in [-0.3, -0.25) is 9.59 Å². The quantitative estimate of drug-likeness (QED) is 0.776. The summed E-state index contributed by atoms with van der Waals surface area (Å²) in [6, 6.07) is 10.6. The van der Waals surface area contributed by atoms with Crippen molar-refractivity contribution < 1.29 is 9.59 Å². The molecule has 0 atom stereocenters. The summed E-state index contributed by atoms with van der Waals surface area (Å²) in [5, 5.41) is 3.12. The Bertz CT molecular complexity index is 718. The first-order valence-corrected chi connectivity index (χ1v) is 9.13. The fourth-order valence-electron chi connectivity index (χ4n) is 2.18. The van der Waals surface area contributed by atoms with Gasteiger partial charge in [0.2, 0.25) is 5.91 Å². The summed E-state index contributed by atoms with van der Waals surface area (Å²) in [6.45, 7) is 3.33. The maximum atomic E-state index is 12.3. The number of amides is 2. The Morgan fingerprint density at radius 3 is 2.54 bits per heavy atom. The molecule has 128 valence electrons. The molecule has 0 fully saturated rings. The molecule has 0 unspecified atom stereocenters. The van der Waals surface area contributed by atoms with Crippen LogP contribution in [0, 0.1) is 0 Å². The lowest BCUT2D eigenvalue weighted by molar-refractivity contribution is -0.131. The summed E-state index contributed by atoms with van der Waals surface area (Å²) in [7, 11) is 0. The average molecular weight is 385 g/mol. The number of carbonyl (C=O) groups is 2. The summed E-state index contributed by atoms with van der Waals surface area (Å²) >= 11 is 13.4. The Labute approximate surface area is 155 Å². The minimum absolute atomic E-state index is 0.0125. The van der Waals surface area contributed by atoms with Crippen LogP contribution >= 0.6 is 34.5 Å². The molecule has 1 heterocycles. The van der Waals surface area contributed by atoms with Crippen LogP contribution in [0.3, 0.4) is 0 Å². The zero-order valence-electron chi connectivity index (χ0n) is 13.2. The third-order valence-corrected chi connectivity index (χ3v) is 5.00. The summed E-state index contributed by atoms with van der Waals surface area (Å²) in [5.41, 5.74) is 0.409. The highest BCUT2D eigenvalue weighted by atomic mass is 35.5. The molecule has 0 bridgehead atoms. The smallest absolute Gasteiger partial charge is 0.252 e. The van der Waals surface area contributed by atoms with Gasteiger partial charge in [0.1, 0.15) is 0 Å². The number of nitrogens with zero attached hydrogens (tertiary/aromatic N) is 1. The Balaban J connectivity index is 1.83. The normalized spacial score (nSPS) is 10.5. The maximum absolute atomic E-state index is 12.3. The zero-order valence-corrected chi connectivity index (χ0v) is 15.5. The Morgan fingerprint density at radius 2 is 1.92 bits per heavy atom. The van der Waals surface area contributed by atoms with Crippen molar-refractivity contribution in [3.05, 3.63) is 56.2 Å². The van der Waals surface area contributed by atoms with E-state index in [1.165, 1.54) is 11.3 Å². The van der Waals surface area contributed by atoms with Crippen molar-refractivity contribution in [3.63, 3.8) is 0 Å². The SMILES string of the molecule is CCN(Cc1ccc(Cl)s1)C(=O)CCNC(=O)c1ccccc1Cl. The van der Waals surface area contributed by atoms with Crippen molar-refractivity contribution in [3.8, 4) is 0 Å². The molecule has 0 aliphatic carbocycles. The van der Waals surface area contributed by atoms with E-state index in [0.717, 1.165) is 4.88 Å². The molecule has 0 aliphatic heterocycles. The average Bonchev–Trinajstić information content (AvgIpc) is 2.97. The van der Waals surface area contributed by atoms with E-state index in [2.05, 4.69) is 5.32 Å². The number of benzene rings is 1. The number of halogens is 2. The highest BCUT2D eigenvalue weighted by Crippen LogP contribution is 2.22. The number of rotatable bonds is 7. The van der Waals surface area contributed by atoms with Crippen molar-refractivity contribution >= 4 is 46.4 Å². The lowest BCUT2D eigenvalue weighted by atomic mass is 10.2. The first-order valence-electron chi connectivity index (χ1n) is 7.56. The minimum atomic E-state index is -0.276. The summed E-state index contributed by atoms with van der Waals surface area (Å²) < 4.78 is 0.709. The minimum Gasteiger partial charge on any atom is -0.351 e. The molecule has 0 saturated heterocycles. The lowest BCUT2D eigenvalue weighted by Crippen LogP contribution is -2.34. The second-order valence-electron chi connectivity index (χ2n) is 5.10. The highest BCUT2D eigenvalue weighted by Gasteiger charge is 2.14. The predicted molar refractivity (Wildman–Crippen MR) is 98.8 cm³/mol. The number of nitrogens with one attached hydrogen (secondary N) is 1. The summed E-state index contributed by atoms with van der Waals surface area (Å²) in [6.07, 6.45) is 0.239. The third kappa shape index (κ3) is 5.23. The molecule has 2 amide bonds. The molecule has 7 heteroatoms. The number of carbonyl (C=O) groups excluding carboxylic acids is 2. The molecule has 0 saturated carbocycles. The zero-order chi connectivity index (χ0) is 17.5. The highest BCUT2D eigenvalue weighted by molar-refractivity contribution is 7.16. The fourth-order valence-corrected chi connectivity index (χ4v) is 3.51. The van der Waals surface area contributed by atoms with Gasteiger partial charge < -0.3 is 10.2 Å². The van der Waals surface area contributed by atoms with Gasteiger partial charge in [-0.25, -0.2) is 0 Å². The monoisotopic (exact) mass is 384 g/mol. The van der Waals surface area contributed by atoms with Crippen LogP contribution in [0.1, 0.15) is 28.6 Å². The Kier molecular flexibility index (Phi) is 7.09. The van der Waals surface area contributed by atoms with Crippen LogP contribution in [-0.4, -0.2) is 29.8 Å². The number of hydrogen-bond acceptors (Lipinski definition) is 3. The topological polar surface area (TPSA) is 49.4 Å². The van der Waals surface area contributed by atoms with Gasteiger partial charge in [0.15, 0.2) is 0 Å². The van der Waals surface area contributed by atoms with Crippen molar-refractivity contribution in [2.75, 3.05) is 13.1 Å². The van der Waals surface area contributed by atoms with Gasteiger partial charge in [-0.05, 0) is 31.2 Å². The molecule has 2 aromatic rings. The predicted octanol–water partition coefficient (Wildman–Crippen LogP) is 4.22. The van der Waals surface area contributed by atoms with Gasteiger partial charge in [0.05, 0.1) is 21.5 Å². The molecule has 1 N–H and O–H groups in total. The van der Waals surface area contributed by atoms with E-state index in [9.17, 15) is 9.59 Å². The molecule has 1 aromatic carbocycles. The second kappa shape index (κ2) is 9.06. The molecule has 24 heavy (non-hydrogen) atoms. The number of thiophene rings is 1. The van der Waals surface area contributed by atoms with Crippen molar-refractivity contribution in [1.29, 1.82) is 0 Å². The van der Waals surface area contributed by atoms with Gasteiger partial charge in [0, 0.05) is 24.4 Å². The van der Waals surface area contributed by atoms with Crippen molar-refractivity contribution in [2.24, 2.45) is 0 Å². The standard InChI is InChI=1S/C17H18Cl2N2O2S/c1-2-21(11-12-7-8-15(19)24-12)16(22)9-10-20-17(23)13-5-3-4-6-14(13)18/h3-8H,2,9-11H2,1H3,(H,20,23). The van der Waals surface area contributed by atoms with Crippen LogP contribution in [0.2, 0.25) is 9.36 Å². The van der Waals surface area contributed by atoms with Gasteiger partial charge in [-0.15, -0.1) is 11.3 Å². The maximum Gasteiger partial charge on any atom is 0.252 e. The van der Waals surface area contributed by atoms with E-state index in [-0.39, 0.29) is 24.8 Å². The van der Waals surface area contributed by atoms with E-state index in [0.29, 0.717) is 28.0 Å².